The van der Waals surface area contributed by atoms with E-state index in [0.29, 0.717) is 16.7 Å². The Morgan fingerprint density at radius 1 is 1.12 bits per heavy atom. The van der Waals surface area contributed by atoms with Crippen LogP contribution in [0.5, 0.6) is 0 Å². The van der Waals surface area contributed by atoms with Crippen LogP contribution >= 0.6 is 11.6 Å². The van der Waals surface area contributed by atoms with Crippen LogP contribution in [0.15, 0.2) is 47.5 Å². The van der Waals surface area contributed by atoms with Crippen LogP contribution in [0.25, 0.3) is 5.69 Å². The minimum Gasteiger partial charge on any atom is -0.468 e. The lowest BCUT2D eigenvalue weighted by molar-refractivity contribution is -0.141. The second-order valence-electron chi connectivity index (χ2n) is 7.52. The largest absolute Gasteiger partial charge is 0.468 e. The average molecular weight is 452 g/mol. The number of nitrogens with zero attached hydrogens (tertiary/aromatic N) is 4. The Balaban J connectivity index is 1.83. The van der Waals surface area contributed by atoms with Crippen molar-refractivity contribution in [2.75, 3.05) is 13.7 Å². The number of benzene rings is 2. The molecule has 0 bridgehead atoms. The summed E-state index contributed by atoms with van der Waals surface area (Å²) < 4.78 is 6.52. The summed E-state index contributed by atoms with van der Waals surface area (Å²) >= 11 is 6.10. The standard InChI is InChI=1S/C23H22ClN5O3/c1-13-4-9-19-17(10-13)22(15-5-7-16(24)8-6-15)26-18(23-28-27-14(2)29(19)23)11-20(30)25-12-21(31)32-3/h4-10,18H,11-12H2,1-3H3,(H,25,30)/t18-/m0/s1. The lowest BCUT2D eigenvalue weighted by Gasteiger charge is -2.13. The number of hydrogen-bond acceptors (Lipinski definition) is 6. The van der Waals surface area contributed by atoms with Gasteiger partial charge >= 0.3 is 5.97 Å². The van der Waals surface area contributed by atoms with Gasteiger partial charge in [0.05, 0.1) is 24.9 Å². The zero-order valence-corrected chi connectivity index (χ0v) is 18.7. The molecule has 1 aliphatic rings. The molecule has 0 aliphatic carbocycles. The van der Waals surface area contributed by atoms with Gasteiger partial charge in [-0.1, -0.05) is 35.4 Å². The summed E-state index contributed by atoms with van der Waals surface area (Å²) in [6.07, 6.45) is -0.000805. The number of methoxy groups -OCH3 is 1. The predicted molar refractivity (Wildman–Crippen MR) is 120 cm³/mol. The second kappa shape index (κ2) is 8.92. The topological polar surface area (TPSA) is 98.5 Å². The Bertz CT molecular complexity index is 1220. The van der Waals surface area contributed by atoms with Gasteiger partial charge in [-0.3, -0.25) is 19.1 Å². The number of halogens is 1. The molecular formula is C23H22ClN5O3. The first kappa shape index (κ1) is 21.7. The van der Waals surface area contributed by atoms with E-state index in [1.54, 1.807) is 0 Å². The fraction of sp³-hybridized carbons (Fsp3) is 0.261. The summed E-state index contributed by atoms with van der Waals surface area (Å²) in [6.45, 7) is 3.67. The van der Waals surface area contributed by atoms with Crippen LogP contribution in [0.2, 0.25) is 5.02 Å². The summed E-state index contributed by atoms with van der Waals surface area (Å²) in [4.78, 5) is 29.0. The summed E-state index contributed by atoms with van der Waals surface area (Å²) in [5, 5.41) is 11.8. The van der Waals surface area contributed by atoms with Crippen molar-refractivity contribution in [1.82, 2.24) is 20.1 Å². The molecule has 2 aromatic carbocycles. The first-order valence-corrected chi connectivity index (χ1v) is 10.5. The lowest BCUT2D eigenvalue weighted by atomic mass is 9.98. The molecule has 32 heavy (non-hydrogen) atoms. The van der Waals surface area contributed by atoms with Crippen LogP contribution in [-0.2, 0) is 14.3 Å². The van der Waals surface area contributed by atoms with Crippen LogP contribution < -0.4 is 5.32 Å². The first-order chi connectivity index (χ1) is 15.4. The van der Waals surface area contributed by atoms with Crippen molar-refractivity contribution in [3.05, 3.63) is 75.8 Å². The molecule has 1 aromatic heterocycles. The SMILES string of the molecule is COC(=O)CNC(=O)C[C@@H]1N=C(c2ccc(Cl)cc2)c2cc(C)ccc2-n2c(C)nnc21. The van der Waals surface area contributed by atoms with E-state index >= 15 is 0 Å². The van der Waals surface area contributed by atoms with Gasteiger partial charge in [0, 0.05) is 16.1 Å². The second-order valence-corrected chi connectivity index (χ2v) is 7.96. The molecule has 0 fully saturated rings. The van der Waals surface area contributed by atoms with E-state index in [-0.39, 0.29) is 18.9 Å². The Morgan fingerprint density at radius 3 is 2.59 bits per heavy atom. The van der Waals surface area contributed by atoms with Crippen LogP contribution in [-0.4, -0.2) is 46.0 Å². The van der Waals surface area contributed by atoms with Gasteiger partial charge in [-0.15, -0.1) is 10.2 Å². The van der Waals surface area contributed by atoms with Gasteiger partial charge in [-0.2, -0.15) is 0 Å². The molecule has 1 aliphatic heterocycles. The van der Waals surface area contributed by atoms with Gasteiger partial charge in [0.25, 0.3) is 0 Å². The van der Waals surface area contributed by atoms with E-state index in [0.717, 1.165) is 28.1 Å². The summed E-state index contributed by atoms with van der Waals surface area (Å²) in [5.41, 5.74) is 4.48. The fourth-order valence-corrected chi connectivity index (χ4v) is 3.80. The number of fused-ring (bicyclic) bond motifs is 3. The third-order valence-electron chi connectivity index (χ3n) is 5.23. The quantitative estimate of drug-likeness (QED) is 0.601. The smallest absolute Gasteiger partial charge is 0.325 e. The normalized spacial score (nSPS) is 14.6. The minimum absolute atomic E-state index is 0.000805. The number of amides is 1. The fourth-order valence-electron chi connectivity index (χ4n) is 3.68. The number of esters is 1. The number of aliphatic imine (C=N–C) groups is 1. The third kappa shape index (κ3) is 4.27. The van der Waals surface area contributed by atoms with Gasteiger partial charge < -0.3 is 10.1 Å². The maximum Gasteiger partial charge on any atom is 0.325 e. The highest BCUT2D eigenvalue weighted by molar-refractivity contribution is 6.30. The van der Waals surface area contributed by atoms with Crippen molar-refractivity contribution in [3.8, 4) is 5.69 Å². The predicted octanol–water partition coefficient (Wildman–Crippen LogP) is 3.11. The monoisotopic (exact) mass is 451 g/mol. The number of hydrogen-bond donors (Lipinski definition) is 1. The van der Waals surface area contributed by atoms with Crippen molar-refractivity contribution in [2.24, 2.45) is 4.99 Å². The molecule has 164 valence electrons. The molecule has 0 saturated carbocycles. The Morgan fingerprint density at radius 2 is 1.88 bits per heavy atom. The Hall–Kier alpha value is -3.52. The summed E-state index contributed by atoms with van der Waals surface area (Å²) in [6, 6.07) is 12.9. The highest BCUT2D eigenvalue weighted by Gasteiger charge is 2.29. The molecule has 0 spiro atoms. The van der Waals surface area contributed by atoms with Crippen molar-refractivity contribution >= 4 is 29.2 Å². The van der Waals surface area contributed by atoms with Gasteiger partial charge in [-0.05, 0) is 38.1 Å². The van der Waals surface area contributed by atoms with Crippen molar-refractivity contribution in [1.29, 1.82) is 0 Å². The third-order valence-corrected chi connectivity index (χ3v) is 5.49. The maximum atomic E-state index is 12.6. The average Bonchev–Trinajstić information content (AvgIpc) is 3.10. The first-order valence-electron chi connectivity index (χ1n) is 10.1. The molecule has 1 atom stereocenters. The van der Waals surface area contributed by atoms with E-state index < -0.39 is 12.0 Å². The van der Waals surface area contributed by atoms with E-state index in [4.69, 9.17) is 16.6 Å². The molecule has 0 radical (unpaired) electrons. The molecule has 0 saturated heterocycles. The highest BCUT2D eigenvalue weighted by Crippen LogP contribution is 2.33. The number of aryl methyl sites for hydroxylation is 2. The van der Waals surface area contributed by atoms with Crippen molar-refractivity contribution in [3.63, 3.8) is 0 Å². The Kier molecular flexibility index (Phi) is 6.05. The molecule has 1 amide bonds. The molecule has 3 aromatic rings. The molecule has 4 rings (SSSR count). The minimum atomic E-state index is -0.604. The van der Waals surface area contributed by atoms with Gasteiger partial charge in [0.1, 0.15) is 18.4 Å². The number of rotatable bonds is 5. The van der Waals surface area contributed by atoms with Crippen molar-refractivity contribution < 1.29 is 14.3 Å². The molecular weight excluding hydrogens is 430 g/mol. The molecule has 8 nitrogen and oxygen atoms in total. The van der Waals surface area contributed by atoms with Crippen LogP contribution in [0.1, 0.15) is 40.8 Å². The number of nitrogens with one attached hydrogen (secondary N) is 1. The zero-order chi connectivity index (χ0) is 22.8. The van der Waals surface area contributed by atoms with Crippen LogP contribution in [0, 0.1) is 13.8 Å². The number of ether oxygens (including phenoxy) is 1. The zero-order valence-electron chi connectivity index (χ0n) is 17.9. The van der Waals surface area contributed by atoms with E-state index in [1.807, 2.05) is 54.8 Å². The van der Waals surface area contributed by atoms with E-state index in [9.17, 15) is 9.59 Å². The van der Waals surface area contributed by atoms with Crippen LogP contribution in [0.3, 0.4) is 0 Å². The van der Waals surface area contributed by atoms with Gasteiger partial charge in [0.15, 0.2) is 5.82 Å². The van der Waals surface area contributed by atoms with Crippen LogP contribution in [0.4, 0.5) is 0 Å². The van der Waals surface area contributed by atoms with E-state index in [1.165, 1.54) is 7.11 Å². The van der Waals surface area contributed by atoms with E-state index in [2.05, 4.69) is 26.3 Å². The van der Waals surface area contributed by atoms with Crippen molar-refractivity contribution in [2.45, 2.75) is 26.3 Å². The molecule has 0 unspecified atom stereocenters. The Labute approximate surface area is 190 Å². The summed E-state index contributed by atoms with van der Waals surface area (Å²) in [7, 11) is 1.27. The lowest BCUT2D eigenvalue weighted by Crippen LogP contribution is -2.31. The number of carbonyl (C=O) groups excluding carboxylic acids is 2. The molecule has 9 heteroatoms. The van der Waals surface area contributed by atoms with Gasteiger partial charge in [0.2, 0.25) is 5.91 Å². The molecule has 1 N–H and O–H groups in total. The summed E-state index contributed by atoms with van der Waals surface area (Å²) in [5.74, 6) is 0.392. The number of carbonyl (C=O) groups is 2. The molecule has 2 heterocycles. The van der Waals surface area contributed by atoms with Gasteiger partial charge in [-0.25, -0.2) is 0 Å². The number of aromatic nitrogens is 3. The maximum absolute atomic E-state index is 12.6. The highest BCUT2D eigenvalue weighted by atomic mass is 35.5.